The molecule has 0 saturated heterocycles. The van der Waals surface area contributed by atoms with Crippen molar-refractivity contribution < 1.29 is 66.7 Å². The number of benzene rings is 5. The van der Waals surface area contributed by atoms with Crippen LogP contribution in [0.5, 0.6) is 17.2 Å². The molecule has 0 fully saturated rings. The Morgan fingerprint density at radius 3 is 2.09 bits per heavy atom. The van der Waals surface area contributed by atoms with Crippen LogP contribution in [0.25, 0.3) is 21.7 Å². The number of alkyl halides is 1. The zero-order valence-electron chi connectivity index (χ0n) is 52.2. The van der Waals surface area contributed by atoms with Gasteiger partial charge in [-0.1, -0.05) is 80.6 Å². The van der Waals surface area contributed by atoms with E-state index in [9.17, 15) is 33.6 Å². The first-order valence-corrected chi connectivity index (χ1v) is 30.4. The molecule has 9 N–H and O–H groups in total. The van der Waals surface area contributed by atoms with Gasteiger partial charge in [-0.3, -0.25) is 19.2 Å². The number of nitrogens with two attached hydrogens (primary N) is 1. The van der Waals surface area contributed by atoms with Crippen molar-refractivity contribution in [3.05, 3.63) is 126 Å². The van der Waals surface area contributed by atoms with Crippen LogP contribution >= 0.6 is 11.6 Å². The number of anilines is 2. The van der Waals surface area contributed by atoms with E-state index in [1.807, 2.05) is 67.5 Å². The van der Waals surface area contributed by atoms with E-state index in [0.29, 0.717) is 58.2 Å². The molecule has 0 radical (unpaired) electrons. The zero-order chi connectivity index (χ0) is 64.9. The first-order chi connectivity index (χ1) is 43.1. The minimum Gasteiger partial charge on any atom is -0.493 e. The molecule has 90 heavy (non-hydrogen) atoms. The Kier molecular flexibility index (Phi) is 25.3. The number of amides is 8. The van der Waals surface area contributed by atoms with Crippen LogP contribution in [0.4, 0.5) is 25.8 Å². The zero-order valence-corrected chi connectivity index (χ0v) is 52.9. The summed E-state index contributed by atoms with van der Waals surface area (Å²) in [6.45, 7) is 11.3. The van der Waals surface area contributed by atoms with Crippen LogP contribution < -0.4 is 56.7 Å². The van der Waals surface area contributed by atoms with Crippen molar-refractivity contribution in [1.29, 1.82) is 0 Å². The van der Waals surface area contributed by atoms with Crippen molar-refractivity contribution >= 4 is 86.5 Å². The van der Waals surface area contributed by atoms with Gasteiger partial charge in [-0.15, -0.1) is 11.6 Å². The lowest BCUT2D eigenvalue weighted by molar-refractivity contribution is -0.128. The molecule has 25 heteroatoms. The lowest BCUT2D eigenvalue weighted by Crippen LogP contribution is -2.54. The topological polar surface area (TPSA) is 305 Å². The molecule has 0 aliphatic carbocycles. The molecule has 8 amide bonds. The van der Waals surface area contributed by atoms with Gasteiger partial charge in [0.05, 0.1) is 39.2 Å². The van der Waals surface area contributed by atoms with Gasteiger partial charge in [0.15, 0.2) is 11.5 Å². The summed E-state index contributed by atoms with van der Waals surface area (Å²) in [7, 11) is 5.47. The normalized spacial score (nSPS) is 13.9. The molecule has 0 saturated carbocycles. The van der Waals surface area contributed by atoms with E-state index in [1.54, 1.807) is 101 Å². The minimum absolute atomic E-state index is 0.0265. The highest BCUT2D eigenvalue weighted by Crippen LogP contribution is 2.47. The summed E-state index contributed by atoms with van der Waals surface area (Å²) < 4.78 is 40.6. The van der Waals surface area contributed by atoms with E-state index in [-0.39, 0.29) is 95.5 Å². The molecule has 24 nitrogen and oxygen atoms in total. The van der Waals surface area contributed by atoms with E-state index >= 15 is 0 Å². The summed E-state index contributed by atoms with van der Waals surface area (Å²) in [6.07, 6.45) is -2.40. The van der Waals surface area contributed by atoms with Gasteiger partial charge in [0.1, 0.15) is 42.3 Å². The second kappa shape index (κ2) is 33.1. The van der Waals surface area contributed by atoms with Crippen LogP contribution in [0.1, 0.15) is 86.7 Å². The smallest absolute Gasteiger partial charge is 0.408 e. The standard InChI is InChI=1S/C65H83ClN10O14/c1-40(2)56(74-64(83)88-39-41-15-10-9-11-16-41)59(78)73-48(19-14-24-69-62(67)81)58(77)71-45-22-20-42(21-23-45)57(60(79)68-25-28-85-31-32-86-29-26-70-63(82)90-65(3,4)5)89-52-36-51-55(47-18-13-12-17-46(47)52)44(37-66)38-76(51)61(80)50-33-43-34-54(87-30-27-75(6)7)53(84-8)35-49(43)72-50/h9-13,15-18,20-23,33-36,40,44,48,56-57,72H,14,19,24-32,37-39H2,1-8H3,(H,68,79)(H,70,82)(H,71,77)(H,73,78)(H,74,83)(H3,67,69,81)/t44-,48?,56?,57?/m1/s1. The first kappa shape index (κ1) is 68.6. The number of H-pyrrole nitrogens is 1. The van der Waals surface area contributed by atoms with Gasteiger partial charge in [0, 0.05) is 84.2 Å². The van der Waals surface area contributed by atoms with E-state index in [4.69, 9.17) is 50.5 Å². The molecular weight excluding hydrogens is 1180 g/mol. The summed E-state index contributed by atoms with van der Waals surface area (Å²) >= 11 is 6.72. The van der Waals surface area contributed by atoms with Crippen LogP contribution in [0.3, 0.4) is 0 Å². The Morgan fingerprint density at radius 1 is 0.744 bits per heavy atom. The van der Waals surface area contributed by atoms with Crippen molar-refractivity contribution in [2.75, 3.05) is 103 Å². The number of halogens is 1. The molecule has 6 aromatic rings. The molecule has 4 atom stereocenters. The predicted octanol–water partition coefficient (Wildman–Crippen LogP) is 7.87. The molecule has 1 aliphatic heterocycles. The highest BCUT2D eigenvalue weighted by atomic mass is 35.5. The number of hydrogen-bond acceptors (Lipinski definition) is 15. The van der Waals surface area contributed by atoms with Crippen molar-refractivity contribution in [2.24, 2.45) is 11.7 Å². The summed E-state index contributed by atoms with van der Waals surface area (Å²) in [5.41, 5.74) is 8.45. The fourth-order valence-corrected chi connectivity index (χ4v) is 10.1. The lowest BCUT2D eigenvalue weighted by atomic mass is 9.95. The van der Waals surface area contributed by atoms with E-state index < -0.39 is 65.6 Å². The molecular formula is C65H83ClN10O14. The second-order valence-corrected chi connectivity index (χ2v) is 23.3. The van der Waals surface area contributed by atoms with Crippen LogP contribution in [-0.2, 0) is 39.9 Å². The Labute approximate surface area is 528 Å². The average Bonchev–Trinajstić information content (AvgIpc) is 1.55. The SMILES string of the molecule is COc1cc2[nH]c(C(=O)N3C[C@@H](CCl)c4c3cc(OC(C(=O)NCCOCCOCCNC(=O)OC(C)(C)C)c3ccc(NC(=O)C(CCCNC(N)=O)NC(=O)C(NC(=O)OCc5ccccc5)C(C)C)cc3)c3ccccc43)cc2cc1OCCN(C)C. The van der Waals surface area contributed by atoms with Gasteiger partial charge in [0.2, 0.25) is 17.9 Å². The summed E-state index contributed by atoms with van der Waals surface area (Å²) in [5, 5.41) is 18.5. The first-order valence-electron chi connectivity index (χ1n) is 29.8. The molecule has 484 valence electrons. The van der Waals surface area contributed by atoms with Gasteiger partial charge in [-0.25, -0.2) is 14.4 Å². The number of aromatic nitrogens is 1. The summed E-state index contributed by atoms with van der Waals surface area (Å²) in [5.74, 6) is -1.29. The quantitative estimate of drug-likeness (QED) is 0.0147. The monoisotopic (exact) mass is 1260 g/mol. The molecule has 5 aromatic carbocycles. The summed E-state index contributed by atoms with van der Waals surface area (Å²) in [6, 6.07) is 27.1. The Morgan fingerprint density at radius 2 is 1.43 bits per heavy atom. The average molecular weight is 1260 g/mol. The number of hydrogen-bond donors (Lipinski definition) is 8. The van der Waals surface area contributed by atoms with E-state index in [2.05, 4.69) is 36.9 Å². The Balaban J connectivity index is 1.12. The predicted molar refractivity (Wildman–Crippen MR) is 342 cm³/mol. The van der Waals surface area contributed by atoms with Crippen LogP contribution in [-0.4, -0.2) is 162 Å². The Bertz CT molecular complexity index is 3410. The van der Waals surface area contributed by atoms with Crippen LogP contribution in [0.2, 0.25) is 0 Å². The number of primary amides is 1. The molecule has 0 spiro atoms. The molecule has 1 aromatic heterocycles. The maximum absolute atomic E-state index is 14.9. The minimum atomic E-state index is -1.33. The van der Waals surface area contributed by atoms with Crippen LogP contribution in [0, 0.1) is 5.92 Å². The highest BCUT2D eigenvalue weighted by molar-refractivity contribution is 6.19. The molecule has 3 unspecified atom stereocenters. The number of rotatable bonds is 32. The van der Waals surface area contributed by atoms with Gasteiger partial charge in [-0.2, -0.15) is 0 Å². The Hall–Kier alpha value is -8.84. The number of alkyl carbamates (subject to hydrolysis) is 2. The fourth-order valence-electron chi connectivity index (χ4n) is 9.89. The van der Waals surface area contributed by atoms with Crippen molar-refractivity contribution in [3.63, 3.8) is 0 Å². The van der Waals surface area contributed by atoms with Gasteiger partial charge < -0.3 is 85.6 Å². The van der Waals surface area contributed by atoms with Crippen molar-refractivity contribution in [2.45, 2.75) is 83.8 Å². The van der Waals surface area contributed by atoms with Gasteiger partial charge in [0.25, 0.3) is 11.8 Å². The highest BCUT2D eigenvalue weighted by Gasteiger charge is 2.37. The molecule has 0 bridgehead atoms. The maximum atomic E-state index is 14.9. The number of aromatic amines is 1. The van der Waals surface area contributed by atoms with Gasteiger partial charge >= 0.3 is 18.2 Å². The number of nitrogens with zero attached hydrogens (tertiary/aromatic N) is 2. The fraction of sp³-hybridized carbons (Fsp3) is 0.431. The third kappa shape index (κ3) is 19.8. The maximum Gasteiger partial charge on any atom is 0.408 e. The molecule has 1 aliphatic rings. The number of fused-ring (bicyclic) bond motifs is 4. The summed E-state index contributed by atoms with van der Waals surface area (Å²) in [4.78, 5) is 101. The largest absolute Gasteiger partial charge is 0.493 e. The third-order valence-corrected chi connectivity index (χ3v) is 14.7. The van der Waals surface area contributed by atoms with Crippen LogP contribution in [0.15, 0.2) is 103 Å². The number of methoxy groups -OCH3 is 1. The van der Waals surface area contributed by atoms with E-state index in [0.717, 1.165) is 21.9 Å². The number of ether oxygens (including phenoxy) is 7. The number of carbonyl (C=O) groups excluding carboxylic acids is 7. The van der Waals surface area contributed by atoms with Crippen molar-refractivity contribution in [3.8, 4) is 17.2 Å². The lowest BCUT2D eigenvalue weighted by Gasteiger charge is -2.25. The van der Waals surface area contributed by atoms with E-state index in [1.165, 1.54) is 0 Å². The second-order valence-electron chi connectivity index (χ2n) is 23.0. The molecule has 7 rings (SSSR count). The van der Waals surface area contributed by atoms with Crippen molar-refractivity contribution in [1.82, 2.24) is 36.5 Å². The number of nitrogens with one attached hydrogen (secondary N) is 7. The number of likely N-dealkylation sites (N-methyl/N-ethyl adjacent to an activating group) is 1. The number of urea groups is 1. The van der Waals surface area contributed by atoms with Gasteiger partial charge in [-0.05, 0) is 94.4 Å². The number of carbonyl (C=O) groups is 7. The third-order valence-electron chi connectivity index (χ3n) is 14.3. The molecule has 2 heterocycles.